The summed E-state index contributed by atoms with van der Waals surface area (Å²) >= 11 is 0. The third kappa shape index (κ3) is 3.43. The summed E-state index contributed by atoms with van der Waals surface area (Å²) in [7, 11) is 0. The molecule has 0 atom stereocenters. The first-order chi connectivity index (χ1) is 5.88. The smallest absolute Gasteiger partial charge is 0.185 e. The minimum absolute atomic E-state index is 0. The molecule has 1 rings (SSSR count). The molecule has 0 bridgehead atoms. The van der Waals surface area contributed by atoms with Crippen LogP contribution in [0.2, 0.25) is 0 Å². The van der Waals surface area contributed by atoms with Crippen LogP contribution >= 0.6 is 0 Å². The van der Waals surface area contributed by atoms with Gasteiger partial charge in [-0.3, -0.25) is 0 Å². The van der Waals surface area contributed by atoms with Crippen molar-refractivity contribution < 1.29 is 17.0 Å². The van der Waals surface area contributed by atoms with Crippen LogP contribution in [0.1, 0.15) is 5.69 Å². The molecule has 1 nitrogen and oxygen atoms in total. The van der Waals surface area contributed by atoms with Crippen LogP contribution in [0.5, 0.6) is 0 Å². The lowest BCUT2D eigenvalue weighted by Crippen LogP contribution is -3.00. The van der Waals surface area contributed by atoms with E-state index < -0.39 is 0 Å². The van der Waals surface area contributed by atoms with E-state index in [0.717, 1.165) is 13.0 Å². The summed E-state index contributed by atoms with van der Waals surface area (Å²) in [6, 6.07) is 6.17. The average Bonchev–Trinajstić information content (AvgIpc) is 2.09. The zero-order chi connectivity index (χ0) is 8.81. The summed E-state index contributed by atoms with van der Waals surface area (Å²) in [6.07, 6.45) is 6.77. The Kier molecular flexibility index (Phi) is 5.90. The lowest BCUT2D eigenvalue weighted by atomic mass is 10.2. The van der Waals surface area contributed by atoms with Crippen LogP contribution in [0.15, 0.2) is 49.7 Å². The Morgan fingerprint density at radius 2 is 2.00 bits per heavy atom. The molecule has 0 amide bonds. The number of nitrogens with zero attached hydrogens (tertiary/aromatic N) is 1. The molecule has 0 saturated heterocycles. The van der Waals surface area contributed by atoms with Crippen molar-refractivity contribution in [3.63, 3.8) is 0 Å². The highest BCUT2D eigenvalue weighted by molar-refractivity contribution is 5.01. The molecule has 0 aliphatic heterocycles. The lowest BCUT2D eigenvalue weighted by molar-refractivity contribution is -0.693. The first-order valence-corrected chi connectivity index (χ1v) is 4.07. The normalized spacial score (nSPS) is 8.62. The van der Waals surface area contributed by atoms with Crippen LogP contribution in [-0.4, -0.2) is 0 Å². The predicted octanol–water partition coefficient (Wildman–Crippen LogP) is -1.11. The van der Waals surface area contributed by atoms with Crippen molar-refractivity contribution in [2.45, 2.75) is 13.0 Å². The van der Waals surface area contributed by atoms with E-state index in [2.05, 4.69) is 30.0 Å². The highest BCUT2D eigenvalue weighted by Gasteiger charge is 2.03. The molecule has 1 aromatic heterocycles. The summed E-state index contributed by atoms with van der Waals surface area (Å²) in [6.45, 7) is 8.29. The van der Waals surface area contributed by atoms with Gasteiger partial charge in [0.15, 0.2) is 18.4 Å². The highest BCUT2D eigenvalue weighted by atomic mass is 35.5. The molecular weight excluding hydrogens is 182 g/mol. The molecule has 0 spiro atoms. The van der Waals surface area contributed by atoms with Crippen molar-refractivity contribution in [1.82, 2.24) is 0 Å². The monoisotopic (exact) mass is 195 g/mol. The molecule has 0 N–H and O–H groups in total. The van der Waals surface area contributed by atoms with E-state index in [-0.39, 0.29) is 12.4 Å². The Hall–Kier alpha value is -1.08. The summed E-state index contributed by atoms with van der Waals surface area (Å²) in [5.74, 6) is 0. The van der Waals surface area contributed by atoms with Gasteiger partial charge < -0.3 is 12.4 Å². The van der Waals surface area contributed by atoms with Crippen LogP contribution in [-0.2, 0) is 13.0 Å². The van der Waals surface area contributed by atoms with Gasteiger partial charge in [0.2, 0.25) is 0 Å². The standard InChI is InChI=1S/C11H14N.ClH/c1-3-7-11-8-5-6-10-12(11)9-4-2;/h3-6,8,10H,1-2,7,9H2;1H/q+1;/p-1. The Bertz CT molecular complexity index is 252. The highest BCUT2D eigenvalue weighted by Crippen LogP contribution is 1.93. The molecule has 0 radical (unpaired) electrons. The fourth-order valence-corrected chi connectivity index (χ4v) is 1.16. The van der Waals surface area contributed by atoms with Crippen molar-refractivity contribution in [1.29, 1.82) is 0 Å². The summed E-state index contributed by atoms with van der Waals surface area (Å²) in [5, 5.41) is 0. The maximum atomic E-state index is 3.72. The quantitative estimate of drug-likeness (QED) is 0.424. The van der Waals surface area contributed by atoms with Crippen LogP contribution < -0.4 is 17.0 Å². The van der Waals surface area contributed by atoms with Crippen LogP contribution in [0.3, 0.4) is 0 Å². The van der Waals surface area contributed by atoms with E-state index in [4.69, 9.17) is 0 Å². The summed E-state index contributed by atoms with van der Waals surface area (Å²) in [4.78, 5) is 0. The minimum Gasteiger partial charge on any atom is -1.00 e. The Balaban J connectivity index is 0.00000144. The Labute approximate surface area is 85.8 Å². The van der Waals surface area contributed by atoms with E-state index in [1.54, 1.807) is 0 Å². The first-order valence-electron chi connectivity index (χ1n) is 4.07. The van der Waals surface area contributed by atoms with Gasteiger partial charge in [-0.25, -0.2) is 0 Å². The molecule has 0 aromatic carbocycles. The maximum absolute atomic E-state index is 3.72. The second-order valence-electron chi connectivity index (χ2n) is 2.63. The fraction of sp³-hybridized carbons (Fsp3) is 0.182. The van der Waals surface area contributed by atoms with Gasteiger partial charge in [-0.05, 0) is 6.08 Å². The Morgan fingerprint density at radius 1 is 1.23 bits per heavy atom. The Morgan fingerprint density at radius 3 is 2.62 bits per heavy atom. The number of hydrogen-bond donors (Lipinski definition) is 0. The van der Waals surface area contributed by atoms with Gasteiger partial charge in [0.05, 0.1) is 6.42 Å². The number of rotatable bonds is 4. The molecule has 1 heterocycles. The third-order valence-electron chi connectivity index (χ3n) is 1.71. The summed E-state index contributed by atoms with van der Waals surface area (Å²) in [5.41, 5.74) is 1.27. The summed E-state index contributed by atoms with van der Waals surface area (Å²) < 4.78 is 2.16. The van der Waals surface area contributed by atoms with Gasteiger partial charge in [-0.15, -0.1) is 6.58 Å². The number of aromatic nitrogens is 1. The van der Waals surface area contributed by atoms with Gasteiger partial charge in [0, 0.05) is 12.1 Å². The van der Waals surface area contributed by atoms with Gasteiger partial charge in [0.25, 0.3) is 0 Å². The van der Waals surface area contributed by atoms with Gasteiger partial charge >= 0.3 is 0 Å². The minimum atomic E-state index is 0. The SMILES string of the molecule is C=CCc1cccc[n+]1CC=C.[Cl-]. The molecule has 2 heteroatoms. The molecule has 1 aromatic rings. The molecule has 0 saturated carbocycles. The second kappa shape index (κ2) is 6.44. The molecule has 0 aliphatic carbocycles. The second-order valence-corrected chi connectivity index (χ2v) is 2.63. The van der Waals surface area contributed by atoms with Crippen molar-refractivity contribution >= 4 is 0 Å². The van der Waals surface area contributed by atoms with E-state index in [9.17, 15) is 0 Å². The zero-order valence-corrected chi connectivity index (χ0v) is 8.37. The van der Waals surface area contributed by atoms with Gasteiger partial charge in [-0.2, -0.15) is 4.57 Å². The number of hydrogen-bond acceptors (Lipinski definition) is 0. The molecule has 70 valence electrons. The maximum Gasteiger partial charge on any atom is 0.185 e. The molecule has 0 unspecified atom stereocenters. The fourth-order valence-electron chi connectivity index (χ4n) is 1.16. The van der Waals surface area contributed by atoms with Gasteiger partial charge in [-0.1, -0.05) is 18.7 Å². The third-order valence-corrected chi connectivity index (χ3v) is 1.71. The van der Waals surface area contributed by atoms with Crippen molar-refractivity contribution in [2.24, 2.45) is 0 Å². The van der Waals surface area contributed by atoms with Crippen molar-refractivity contribution in [3.05, 3.63) is 55.4 Å². The molecule has 0 aliphatic rings. The zero-order valence-electron chi connectivity index (χ0n) is 7.62. The van der Waals surface area contributed by atoms with Crippen LogP contribution in [0.25, 0.3) is 0 Å². The topological polar surface area (TPSA) is 3.88 Å². The van der Waals surface area contributed by atoms with E-state index in [0.29, 0.717) is 0 Å². The van der Waals surface area contributed by atoms with E-state index in [1.165, 1.54) is 5.69 Å². The van der Waals surface area contributed by atoms with Crippen LogP contribution in [0, 0.1) is 0 Å². The van der Waals surface area contributed by atoms with Crippen molar-refractivity contribution in [2.75, 3.05) is 0 Å². The van der Waals surface area contributed by atoms with Crippen molar-refractivity contribution in [3.8, 4) is 0 Å². The number of pyridine rings is 1. The first kappa shape index (κ1) is 11.9. The largest absolute Gasteiger partial charge is 1.00 e. The number of allylic oxidation sites excluding steroid dienone is 2. The predicted molar refractivity (Wildman–Crippen MR) is 50.7 cm³/mol. The molecule has 13 heavy (non-hydrogen) atoms. The van der Waals surface area contributed by atoms with Gasteiger partial charge in [0.1, 0.15) is 0 Å². The van der Waals surface area contributed by atoms with E-state index in [1.807, 2.05) is 24.3 Å². The molecule has 0 fully saturated rings. The molecular formula is C11H14ClN. The number of halogens is 1. The van der Waals surface area contributed by atoms with Crippen LogP contribution in [0.4, 0.5) is 0 Å². The van der Waals surface area contributed by atoms with E-state index >= 15 is 0 Å². The lowest BCUT2D eigenvalue weighted by Gasteiger charge is -1.97. The average molecular weight is 196 g/mol.